The van der Waals surface area contributed by atoms with Crippen LogP contribution >= 0.6 is 0 Å². The summed E-state index contributed by atoms with van der Waals surface area (Å²) in [5, 5.41) is 10.1. The van der Waals surface area contributed by atoms with Gasteiger partial charge in [-0.15, -0.1) is 0 Å². The van der Waals surface area contributed by atoms with Crippen LogP contribution in [0.25, 0.3) is 0 Å². The molecule has 1 atom stereocenters. The second-order valence-corrected chi connectivity index (χ2v) is 8.83. The van der Waals surface area contributed by atoms with Gasteiger partial charge in [-0.2, -0.15) is 0 Å². The number of anilines is 1. The molecular formula is C26H35N3O3. The summed E-state index contributed by atoms with van der Waals surface area (Å²) in [5.41, 5.74) is 3.36. The number of phenolic OH excluding ortho intramolecular Hbond substituents is 1. The van der Waals surface area contributed by atoms with Gasteiger partial charge in [0.1, 0.15) is 11.5 Å². The lowest BCUT2D eigenvalue weighted by Crippen LogP contribution is -2.52. The molecule has 0 bridgehead atoms. The number of para-hydroxylation sites is 2. The number of rotatable bonds is 7. The Morgan fingerprint density at radius 3 is 2.66 bits per heavy atom. The molecule has 1 aliphatic heterocycles. The standard InChI is InChI=1S/C26H35N3O3/c1-3-13-29(21-11-12-22-20(18-21)7-6-9-24(22)30)26(31)19-27-14-16-28(17-15-27)23-8-4-5-10-25(23)32-2/h4-10,21,30H,3,11-19H2,1-2H3/t21-/m1/s1. The molecule has 32 heavy (non-hydrogen) atoms. The van der Waals surface area contributed by atoms with Gasteiger partial charge in [0, 0.05) is 38.8 Å². The van der Waals surface area contributed by atoms with Crippen molar-refractivity contribution in [3.8, 4) is 11.5 Å². The molecule has 1 amide bonds. The van der Waals surface area contributed by atoms with Gasteiger partial charge in [-0.05, 0) is 55.0 Å². The number of aromatic hydroxyl groups is 1. The number of piperazine rings is 1. The smallest absolute Gasteiger partial charge is 0.237 e. The summed E-state index contributed by atoms with van der Waals surface area (Å²) >= 11 is 0. The Kier molecular flexibility index (Phi) is 7.20. The topological polar surface area (TPSA) is 56.3 Å². The van der Waals surface area contributed by atoms with Gasteiger partial charge in [0.25, 0.3) is 0 Å². The molecule has 0 unspecified atom stereocenters. The monoisotopic (exact) mass is 437 g/mol. The highest BCUT2D eigenvalue weighted by Gasteiger charge is 2.30. The van der Waals surface area contributed by atoms with Gasteiger partial charge in [-0.1, -0.05) is 31.2 Å². The third-order valence-corrected chi connectivity index (χ3v) is 6.81. The highest BCUT2D eigenvalue weighted by molar-refractivity contribution is 5.79. The van der Waals surface area contributed by atoms with E-state index in [9.17, 15) is 9.90 Å². The van der Waals surface area contributed by atoms with E-state index in [2.05, 4.69) is 33.8 Å². The second kappa shape index (κ2) is 10.3. The van der Waals surface area contributed by atoms with Gasteiger partial charge >= 0.3 is 0 Å². The maximum Gasteiger partial charge on any atom is 0.237 e. The fourth-order valence-corrected chi connectivity index (χ4v) is 5.11. The van der Waals surface area contributed by atoms with Crippen LogP contribution in [0.1, 0.15) is 30.9 Å². The van der Waals surface area contributed by atoms with Crippen LogP contribution < -0.4 is 9.64 Å². The molecule has 2 aromatic carbocycles. The lowest BCUT2D eigenvalue weighted by molar-refractivity contribution is -0.135. The maximum atomic E-state index is 13.3. The fraction of sp³-hybridized carbons (Fsp3) is 0.500. The van der Waals surface area contributed by atoms with Crippen LogP contribution in [0.3, 0.4) is 0 Å². The van der Waals surface area contributed by atoms with E-state index in [1.807, 2.05) is 24.3 Å². The molecule has 0 aromatic heterocycles. The minimum Gasteiger partial charge on any atom is -0.508 e. The average Bonchev–Trinajstić information content (AvgIpc) is 2.83. The van der Waals surface area contributed by atoms with Gasteiger partial charge in [0.15, 0.2) is 0 Å². The molecule has 1 heterocycles. The van der Waals surface area contributed by atoms with Gasteiger partial charge in [-0.25, -0.2) is 0 Å². The summed E-state index contributed by atoms with van der Waals surface area (Å²) in [6, 6.07) is 14.1. The molecule has 0 radical (unpaired) electrons. The van der Waals surface area contributed by atoms with Crippen LogP contribution in [0.2, 0.25) is 0 Å². The zero-order chi connectivity index (χ0) is 22.5. The highest BCUT2D eigenvalue weighted by atomic mass is 16.5. The van der Waals surface area contributed by atoms with Crippen molar-refractivity contribution < 1.29 is 14.6 Å². The van der Waals surface area contributed by atoms with E-state index in [1.165, 1.54) is 5.56 Å². The van der Waals surface area contributed by atoms with Crippen molar-refractivity contribution in [1.29, 1.82) is 0 Å². The molecule has 0 spiro atoms. The van der Waals surface area contributed by atoms with Crippen LogP contribution in [-0.2, 0) is 17.6 Å². The van der Waals surface area contributed by atoms with Crippen molar-refractivity contribution in [3.05, 3.63) is 53.6 Å². The molecule has 1 fully saturated rings. The number of phenols is 1. The number of carbonyl (C=O) groups excluding carboxylic acids is 1. The molecule has 2 aromatic rings. The molecule has 6 nitrogen and oxygen atoms in total. The Labute approximate surface area is 191 Å². The second-order valence-electron chi connectivity index (χ2n) is 8.83. The largest absolute Gasteiger partial charge is 0.508 e. The molecule has 1 N–H and O–H groups in total. The Balaban J connectivity index is 1.36. The number of hydrogen-bond donors (Lipinski definition) is 1. The van der Waals surface area contributed by atoms with Crippen molar-refractivity contribution in [3.63, 3.8) is 0 Å². The number of carbonyl (C=O) groups is 1. The van der Waals surface area contributed by atoms with E-state index < -0.39 is 0 Å². The quantitative estimate of drug-likeness (QED) is 0.720. The van der Waals surface area contributed by atoms with Crippen LogP contribution in [0, 0.1) is 0 Å². The first-order chi connectivity index (χ1) is 15.6. The summed E-state index contributed by atoms with van der Waals surface area (Å²) in [6.45, 7) is 6.90. The Hall–Kier alpha value is -2.73. The Bertz CT molecular complexity index is 924. The molecule has 4 rings (SSSR count). The van der Waals surface area contributed by atoms with Gasteiger partial charge in [0.05, 0.1) is 19.3 Å². The number of methoxy groups -OCH3 is 1. The molecular weight excluding hydrogens is 402 g/mol. The number of amides is 1. The first-order valence-electron chi connectivity index (χ1n) is 11.8. The Morgan fingerprint density at radius 1 is 1.12 bits per heavy atom. The molecule has 6 heteroatoms. The van der Waals surface area contributed by atoms with Crippen LogP contribution in [-0.4, -0.2) is 73.2 Å². The molecule has 1 aliphatic carbocycles. The van der Waals surface area contributed by atoms with E-state index in [0.29, 0.717) is 12.3 Å². The lowest BCUT2D eigenvalue weighted by Gasteiger charge is -2.39. The SMILES string of the molecule is CCCN(C(=O)CN1CCN(c2ccccc2OC)CC1)[C@@H]1CCc2c(O)cccc2C1. The van der Waals surface area contributed by atoms with Crippen molar-refractivity contribution in [2.75, 3.05) is 51.3 Å². The minimum absolute atomic E-state index is 0.214. The van der Waals surface area contributed by atoms with E-state index >= 15 is 0 Å². The van der Waals surface area contributed by atoms with Gasteiger partial charge < -0.3 is 19.6 Å². The molecule has 0 saturated carbocycles. The maximum absolute atomic E-state index is 13.3. The van der Waals surface area contributed by atoms with Crippen molar-refractivity contribution in [1.82, 2.24) is 9.80 Å². The van der Waals surface area contributed by atoms with Gasteiger partial charge in [-0.3, -0.25) is 9.69 Å². The zero-order valence-electron chi connectivity index (χ0n) is 19.3. The number of fused-ring (bicyclic) bond motifs is 1. The normalized spacial score (nSPS) is 18.8. The summed E-state index contributed by atoms with van der Waals surface area (Å²) in [4.78, 5) is 20.0. The van der Waals surface area contributed by atoms with E-state index in [4.69, 9.17) is 4.74 Å². The van der Waals surface area contributed by atoms with E-state index in [1.54, 1.807) is 13.2 Å². The first kappa shape index (κ1) is 22.5. The summed E-state index contributed by atoms with van der Waals surface area (Å²) in [5.74, 6) is 1.52. The first-order valence-corrected chi connectivity index (χ1v) is 11.8. The zero-order valence-corrected chi connectivity index (χ0v) is 19.3. The molecule has 172 valence electrons. The Morgan fingerprint density at radius 2 is 1.91 bits per heavy atom. The van der Waals surface area contributed by atoms with Crippen LogP contribution in [0.5, 0.6) is 11.5 Å². The summed E-state index contributed by atoms with van der Waals surface area (Å²) in [7, 11) is 1.71. The predicted molar refractivity (Wildman–Crippen MR) is 128 cm³/mol. The average molecular weight is 438 g/mol. The van der Waals surface area contributed by atoms with E-state index in [-0.39, 0.29) is 11.9 Å². The minimum atomic E-state index is 0.214. The molecule has 1 saturated heterocycles. The number of nitrogens with zero attached hydrogens (tertiary/aromatic N) is 3. The van der Waals surface area contributed by atoms with Gasteiger partial charge in [0.2, 0.25) is 5.91 Å². The van der Waals surface area contributed by atoms with Crippen molar-refractivity contribution >= 4 is 11.6 Å². The van der Waals surface area contributed by atoms with Crippen LogP contribution in [0.4, 0.5) is 5.69 Å². The fourth-order valence-electron chi connectivity index (χ4n) is 5.11. The van der Waals surface area contributed by atoms with Crippen molar-refractivity contribution in [2.24, 2.45) is 0 Å². The number of ether oxygens (including phenoxy) is 1. The number of benzene rings is 2. The summed E-state index contributed by atoms with van der Waals surface area (Å²) < 4.78 is 5.52. The predicted octanol–water partition coefficient (Wildman–Crippen LogP) is 3.32. The lowest BCUT2D eigenvalue weighted by atomic mass is 9.86. The summed E-state index contributed by atoms with van der Waals surface area (Å²) in [6.07, 6.45) is 3.53. The number of hydrogen-bond acceptors (Lipinski definition) is 5. The van der Waals surface area contributed by atoms with Crippen molar-refractivity contribution in [2.45, 2.75) is 38.6 Å². The highest BCUT2D eigenvalue weighted by Crippen LogP contribution is 2.31. The van der Waals surface area contributed by atoms with E-state index in [0.717, 1.165) is 75.4 Å². The third-order valence-electron chi connectivity index (χ3n) is 6.81. The van der Waals surface area contributed by atoms with Crippen LogP contribution in [0.15, 0.2) is 42.5 Å². The molecule has 2 aliphatic rings. The third kappa shape index (κ3) is 4.85.